The summed E-state index contributed by atoms with van der Waals surface area (Å²) in [5.41, 5.74) is 2.07. The van der Waals surface area contributed by atoms with Gasteiger partial charge in [0.05, 0.1) is 12.2 Å². The number of allylic oxidation sites excluding steroid dienone is 1. The quantitative estimate of drug-likeness (QED) is 0.511. The lowest BCUT2D eigenvalue weighted by atomic mass is 9.47. The number of fused-ring (bicyclic) bond motifs is 5. The van der Waals surface area contributed by atoms with E-state index in [1.807, 2.05) is 0 Å². The van der Waals surface area contributed by atoms with Gasteiger partial charge in [0.15, 0.2) is 0 Å². The number of rotatable bonds is 6. The summed E-state index contributed by atoms with van der Waals surface area (Å²) >= 11 is 0. The van der Waals surface area contributed by atoms with Crippen LogP contribution in [-0.2, 0) is 0 Å². The Morgan fingerprint density at radius 2 is 1.83 bits per heavy atom. The van der Waals surface area contributed by atoms with E-state index in [2.05, 4.69) is 33.8 Å². The average molecular weight is 419 g/mol. The average Bonchev–Trinajstić information content (AvgIpc) is 2.98. The minimum absolute atomic E-state index is 0.137. The summed E-state index contributed by atoms with van der Waals surface area (Å²) < 4.78 is 0. The Balaban J connectivity index is 1.50. The van der Waals surface area contributed by atoms with Crippen LogP contribution in [0.4, 0.5) is 0 Å². The minimum atomic E-state index is -0.157. The third-order valence-electron chi connectivity index (χ3n) is 10.5. The molecule has 0 amide bonds. The highest BCUT2D eigenvalue weighted by atomic mass is 16.3. The van der Waals surface area contributed by atoms with E-state index in [0.29, 0.717) is 29.6 Å². The fourth-order valence-electron chi connectivity index (χ4n) is 8.78. The first-order valence-electron chi connectivity index (χ1n) is 12.9. The van der Waals surface area contributed by atoms with Crippen LogP contribution in [0.1, 0.15) is 91.9 Å². The molecule has 0 aromatic rings. The van der Waals surface area contributed by atoms with Gasteiger partial charge in [-0.3, -0.25) is 0 Å². The molecular weight excluding hydrogens is 372 g/mol. The first-order valence-corrected chi connectivity index (χ1v) is 12.9. The van der Waals surface area contributed by atoms with Crippen molar-refractivity contribution in [3.8, 4) is 0 Å². The van der Waals surface area contributed by atoms with Gasteiger partial charge in [-0.2, -0.15) is 0 Å². The molecule has 10 atom stereocenters. The van der Waals surface area contributed by atoms with E-state index in [4.69, 9.17) is 0 Å². The summed E-state index contributed by atoms with van der Waals surface area (Å²) in [7, 11) is 0. The standard InChI is InChI=1S/C27H46O3/c1-17(16-28)6-5-7-18(2)25-24(30)15-23-21-9-8-19-14-20(29)10-12-26(19,3)22(21)11-13-27(23,25)4/h8,17-18,20-25,28-30H,5-7,9-16H2,1-4H3/t17?,18?,20-,21+,22-,23-,24?,25-,26-,27-/m0/s1. The van der Waals surface area contributed by atoms with Crippen molar-refractivity contribution in [1.82, 2.24) is 0 Å². The summed E-state index contributed by atoms with van der Waals surface area (Å²) in [6, 6.07) is 0. The highest BCUT2D eigenvalue weighted by Gasteiger charge is 2.61. The zero-order chi connectivity index (χ0) is 21.7. The van der Waals surface area contributed by atoms with E-state index >= 15 is 0 Å². The molecule has 3 nitrogen and oxygen atoms in total. The van der Waals surface area contributed by atoms with Crippen LogP contribution in [-0.4, -0.2) is 34.1 Å². The molecular formula is C27H46O3. The number of aliphatic hydroxyl groups is 3. The van der Waals surface area contributed by atoms with Gasteiger partial charge in [0, 0.05) is 6.61 Å². The number of hydrogen-bond donors (Lipinski definition) is 3. The Kier molecular flexibility index (Phi) is 6.48. The van der Waals surface area contributed by atoms with Gasteiger partial charge in [-0.25, -0.2) is 0 Å². The molecule has 4 rings (SSSR count). The first kappa shape index (κ1) is 22.8. The molecule has 0 aliphatic heterocycles. The molecule has 3 unspecified atom stereocenters. The maximum absolute atomic E-state index is 11.2. The molecule has 3 saturated carbocycles. The normalized spacial score (nSPS) is 47.6. The second-order valence-electron chi connectivity index (χ2n) is 12.2. The molecule has 0 aromatic carbocycles. The number of hydrogen-bond acceptors (Lipinski definition) is 3. The molecule has 0 saturated heterocycles. The van der Waals surface area contributed by atoms with Crippen molar-refractivity contribution in [3.05, 3.63) is 11.6 Å². The van der Waals surface area contributed by atoms with Gasteiger partial charge >= 0.3 is 0 Å². The van der Waals surface area contributed by atoms with Crippen LogP contribution in [0.2, 0.25) is 0 Å². The van der Waals surface area contributed by atoms with E-state index in [-0.39, 0.29) is 29.6 Å². The smallest absolute Gasteiger partial charge is 0.0579 e. The zero-order valence-corrected chi connectivity index (χ0v) is 19.8. The Hall–Kier alpha value is -0.380. The summed E-state index contributed by atoms with van der Waals surface area (Å²) in [4.78, 5) is 0. The molecule has 0 heterocycles. The van der Waals surface area contributed by atoms with Gasteiger partial charge in [-0.1, -0.05) is 52.2 Å². The van der Waals surface area contributed by atoms with Crippen LogP contribution in [0.3, 0.4) is 0 Å². The Bertz CT molecular complexity index is 644. The monoisotopic (exact) mass is 418 g/mol. The predicted octanol–water partition coefficient (Wildman–Crippen LogP) is 5.33. The molecule has 0 spiro atoms. The van der Waals surface area contributed by atoms with Crippen LogP contribution in [0.5, 0.6) is 0 Å². The fourth-order valence-corrected chi connectivity index (χ4v) is 8.78. The third kappa shape index (κ3) is 3.71. The maximum Gasteiger partial charge on any atom is 0.0579 e. The summed E-state index contributed by atoms with van der Waals surface area (Å²) in [5.74, 6) is 3.43. The third-order valence-corrected chi connectivity index (χ3v) is 10.5. The molecule has 4 aliphatic rings. The van der Waals surface area contributed by atoms with Gasteiger partial charge in [-0.15, -0.1) is 0 Å². The SMILES string of the molecule is CC(CO)CCCC(C)[C@H]1C(O)C[C@H]2[C@@H]3CC=C4C[C@@H](O)CC[C@]4(C)[C@H]3CC[C@]12C. The van der Waals surface area contributed by atoms with Crippen molar-refractivity contribution >= 4 is 0 Å². The second kappa shape index (κ2) is 8.52. The Labute approximate surface area is 184 Å². The molecule has 0 aromatic heterocycles. The molecule has 0 radical (unpaired) electrons. The van der Waals surface area contributed by atoms with Crippen molar-refractivity contribution in [2.75, 3.05) is 6.61 Å². The lowest BCUT2D eigenvalue weighted by Gasteiger charge is -2.58. The minimum Gasteiger partial charge on any atom is -0.396 e. The van der Waals surface area contributed by atoms with Crippen molar-refractivity contribution in [1.29, 1.82) is 0 Å². The Morgan fingerprint density at radius 3 is 2.57 bits per heavy atom. The van der Waals surface area contributed by atoms with Gasteiger partial charge in [0.2, 0.25) is 0 Å². The molecule has 172 valence electrons. The topological polar surface area (TPSA) is 60.7 Å². The molecule has 30 heavy (non-hydrogen) atoms. The zero-order valence-electron chi connectivity index (χ0n) is 19.8. The van der Waals surface area contributed by atoms with Crippen LogP contribution < -0.4 is 0 Å². The highest BCUT2D eigenvalue weighted by Crippen LogP contribution is 2.67. The maximum atomic E-state index is 11.2. The second-order valence-corrected chi connectivity index (χ2v) is 12.2. The number of aliphatic hydroxyl groups excluding tert-OH is 3. The highest BCUT2D eigenvalue weighted by molar-refractivity contribution is 5.25. The van der Waals surface area contributed by atoms with E-state index in [9.17, 15) is 15.3 Å². The van der Waals surface area contributed by atoms with Gasteiger partial charge < -0.3 is 15.3 Å². The first-order chi connectivity index (χ1) is 14.2. The Morgan fingerprint density at radius 1 is 1.07 bits per heavy atom. The lowest BCUT2D eigenvalue weighted by molar-refractivity contribution is -0.0620. The molecule has 0 bridgehead atoms. The van der Waals surface area contributed by atoms with Gasteiger partial charge in [-0.05, 0) is 97.7 Å². The van der Waals surface area contributed by atoms with Gasteiger partial charge in [0.25, 0.3) is 0 Å². The van der Waals surface area contributed by atoms with E-state index in [1.165, 1.54) is 24.8 Å². The fraction of sp³-hybridized carbons (Fsp3) is 0.926. The van der Waals surface area contributed by atoms with Crippen molar-refractivity contribution in [2.45, 2.75) is 104 Å². The van der Waals surface area contributed by atoms with Gasteiger partial charge in [0.1, 0.15) is 0 Å². The summed E-state index contributed by atoms with van der Waals surface area (Å²) in [6.45, 7) is 9.78. The summed E-state index contributed by atoms with van der Waals surface area (Å²) in [5, 5.41) is 30.8. The van der Waals surface area contributed by atoms with Crippen LogP contribution in [0.25, 0.3) is 0 Å². The van der Waals surface area contributed by atoms with Crippen molar-refractivity contribution < 1.29 is 15.3 Å². The predicted molar refractivity (Wildman–Crippen MR) is 122 cm³/mol. The van der Waals surface area contributed by atoms with Crippen LogP contribution >= 0.6 is 0 Å². The molecule has 3 N–H and O–H groups in total. The molecule has 4 aliphatic carbocycles. The molecule has 3 fully saturated rings. The lowest BCUT2D eigenvalue weighted by Crippen LogP contribution is -2.51. The van der Waals surface area contributed by atoms with Crippen molar-refractivity contribution in [2.24, 2.45) is 46.3 Å². The summed E-state index contributed by atoms with van der Waals surface area (Å²) in [6.07, 6.45) is 13.3. The van der Waals surface area contributed by atoms with E-state index in [0.717, 1.165) is 50.9 Å². The molecule has 3 heteroatoms. The van der Waals surface area contributed by atoms with Crippen LogP contribution in [0, 0.1) is 46.3 Å². The van der Waals surface area contributed by atoms with Crippen LogP contribution in [0.15, 0.2) is 11.6 Å². The van der Waals surface area contributed by atoms with Crippen molar-refractivity contribution in [3.63, 3.8) is 0 Å². The largest absolute Gasteiger partial charge is 0.396 e. The van der Waals surface area contributed by atoms with E-state index < -0.39 is 0 Å². The van der Waals surface area contributed by atoms with E-state index in [1.54, 1.807) is 0 Å².